The number of hydrogen-bond acceptors (Lipinski definition) is 4. The third kappa shape index (κ3) is 2.49. The van der Waals surface area contributed by atoms with Crippen molar-refractivity contribution in [3.63, 3.8) is 0 Å². The standard InChI is InChI=1S/C13H21N3O3/c1-16-10(17)5-4-9(11(16)18)15-12(19)13(8-14)6-2-3-7-13/h9H,2-8,14H2,1H3,(H,15,19). The highest BCUT2D eigenvalue weighted by Crippen LogP contribution is 2.37. The number of imide groups is 1. The molecular weight excluding hydrogens is 246 g/mol. The Hall–Kier alpha value is -1.43. The van der Waals surface area contributed by atoms with Crippen LogP contribution in [0.1, 0.15) is 38.5 Å². The molecule has 3 N–H and O–H groups in total. The van der Waals surface area contributed by atoms with Gasteiger partial charge in [-0.2, -0.15) is 0 Å². The van der Waals surface area contributed by atoms with E-state index in [4.69, 9.17) is 5.73 Å². The van der Waals surface area contributed by atoms with Gasteiger partial charge in [0.15, 0.2) is 0 Å². The molecule has 1 atom stereocenters. The van der Waals surface area contributed by atoms with Crippen LogP contribution < -0.4 is 11.1 Å². The molecular formula is C13H21N3O3. The molecule has 0 aromatic heterocycles. The van der Waals surface area contributed by atoms with Crippen LogP contribution in [-0.2, 0) is 14.4 Å². The number of amides is 3. The molecule has 1 aliphatic carbocycles. The first-order valence-electron chi connectivity index (χ1n) is 6.81. The average molecular weight is 267 g/mol. The van der Waals surface area contributed by atoms with Crippen molar-refractivity contribution in [1.29, 1.82) is 0 Å². The normalized spacial score (nSPS) is 26.6. The van der Waals surface area contributed by atoms with Crippen LogP contribution in [0.5, 0.6) is 0 Å². The second-order valence-corrected chi connectivity index (χ2v) is 5.55. The summed E-state index contributed by atoms with van der Waals surface area (Å²) in [5.41, 5.74) is 5.23. The molecule has 1 aliphatic heterocycles. The summed E-state index contributed by atoms with van der Waals surface area (Å²) in [6.45, 7) is 0.314. The smallest absolute Gasteiger partial charge is 0.251 e. The van der Waals surface area contributed by atoms with Crippen molar-refractivity contribution in [3.05, 3.63) is 0 Å². The number of piperidine rings is 1. The van der Waals surface area contributed by atoms with Gasteiger partial charge >= 0.3 is 0 Å². The molecule has 2 rings (SSSR count). The number of likely N-dealkylation sites (tertiary alicyclic amines) is 1. The van der Waals surface area contributed by atoms with E-state index in [9.17, 15) is 14.4 Å². The molecule has 106 valence electrons. The number of nitrogens with two attached hydrogens (primary N) is 1. The van der Waals surface area contributed by atoms with E-state index < -0.39 is 11.5 Å². The van der Waals surface area contributed by atoms with E-state index in [-0.39, 0.29) is 17.7 Å². The minimum Gasteiger partial charge on any atom is -0.344 e. The van der Waals surface area contributed by atoms with Gasteiger partial charge in [0.2, 0.25) is 11.8 Å². The van der Waals surface area contributed by atoms with E-state index in [0.717, 1.165) is 30.6 Å². The summed E-state index contributed by atoms with van der Waals surface area (Å²) in [5, 5.41) is 2.79. The minimum atomic E-state index is -0.584. The van der Waals surface area contributed by atoms with E-state index in [0.29, 0.717) is 19.4 Å². The number of nitrogens with one attached hydrogen (secondary N) is 1. The molecule has 1 saturated carbocycles. The molecule has 6 nitrogen and oxygen atoms in total. The Morgan fingerprint density at radius 1 is 1.42 bits per heavy atom. The van der Waals surface area contributed by atoms with Crippen LogP contribution in [0.25, 0.3) is 0 Å². The topological polar surface area (TPSA) is 92.5 Å². The lowest BCUT2D eigenvalue weighted by Gasteiger charge is -2.32. The molecule has 0 spiro atoms. The van der Waals surface area contributed by atoms with Crippen LogP contribution >= 0.6 is 0 Å². The lowest BCUT2D eigenvalue weighted by atomic mass is 9.84. The summed E-state index contributed by atoms with van der Waals surface area (Å²) >= 11 is 0. The van der Waals surface area contributed by atoms with Crippen LogP contribution in [-0.4, -0.2) is 42.3 Å². The van der Waals surface area contributed by atoms with Crippen molar-refractivity contribution in [3.8, 4) is 0 Å². The Bertz CT molecular complexity index is 402. The van der Waals surface area contributed by atoms with Gasteiger partial charge in [0.1, 0.15) is 6.04 Å². The Balaban J connectivity index is 2.03. The van der Waals surface area contributed by atoms with E-state index in [2.05, 4.69) is 5.32 Å². The zero-order valence-electron chi connectivity index (χ0n) is 11.3. The fourth-order valence-corrected chi connectivity index (χ4v) is 2.94. The fourth-order valence-electron chi connectivity index (χ4n) is 2.94. The number of rotatable bonds is 3. The number of hydrogen-bond donors (Lipinski definition) is 2. The molecule has 1 heterocycles. The summed E-state index contributed by atoms with van der Waals surface area (Å²) in [4.78, 5) is 36.8. The number of likely N-dealkylation sites (N-methyl/N-ethyl adjacent to an activating group) is 1. The maximum Gasteiger partial charge on any atom is 0.251 e. The maximum absolute atomic E-state index is 12.4. The van der Waals surface area contributed by atoms with Crippen LogP contribution in [0.4, 0.5) is 0 Å². The Labute approximate surface area is 112 Å². The van der Waals surface area contributed by atoms with E-state index in [1.165, 1.54) is 7.05 Å². The molecule has 1 unspecified atom stereocenters. The van der Waals surface area contributed by atoms with E-state index >= 15 is 0 Å². The number of carbonyl (C=O) groups excluding carboxylic acids is 3. The van der Waals surface area contributed by atoms with Gasteiger partial charge < -0.3 is 11.1 Å². The predicted octanol–water partition coefficient (Wildman–Crippen LogP) is -0.231. The van der Waals surface area contributed by atoms with Crippen LogP contribution in [0.15, 0.2) is 0 Å². The molecule has 0 bridgehead atoms. The van der Waals surface area contributed by atoms with E-state index in [1.54, 1.807) is 0 Å². The Kier molecular flexibility index (Phi) is 3.89. The highest BCUT2D eigenvalue weighted by molar-refractivity contribution is 6.01. The summed E-state index contributed by atoms with van der Waals surface area (Å²) in [6.07, 6.45) is 4.25. The molecule has 1 saturated heterocycles. The molecule has 0 aromatic rings. The highest BCUT2D eigenvalue weighted by atomic mass is 16.2. The number of carbonyl (C=O) groups is 3. The van der Waals surface area contributed by atoms with E-state index in [1.807, 2.05) is 0 Å². The lowest BCUT2D eigenvalue weighted by Crippen LogP contribution is -2.56. The third-order valence-electron chi connectivity index (χ3n) is 4.39. The molecule has 2 aliphatic rings. The van der Waals surface area contributed by atoms with Crippen molar-refractivity contribution < 1.29 is 14.4 Å². The van der Waals surface area contributed by atoms with Crippen LogP contribution in [0.3, 0.4) is 0 Å². The second-order valence-electron chi connectivity index (χ2n) is 5.55. The van der Waals surface area contributed by atoms with Gasteiger partial charge in [0.25, 0.3) is 5.91 Å². The van der Waals surface area contributed by atoms with Crippen LogP contribution in [0.2, 0.25) is 0 Å². The second kappa shape index (κ2) is 5.28. The van der Waals surface area contributed by atoms with Crippen molar-refractivity contribution in [2.45, 2.75) is 44.6 Å². The monoisotopic (exact) mass is 267 g/mol. The lowest BCUT2D eigenvalue weighted by molar-refractivity contribution is -0.150. The number of nitrogens with zero attached hydrogens (tertiary/aromatic N) is 1. The quantitative estimate of drug-likeness (QED) is 0.691. The van der Waals surface area contributed by atoms with Gasteiger partial charge in [-0.15, -0.1) is 0 Å². The summed E-state index contributed by atoms with van der Waals surface area (Å²) in [5.74, 6) is -0.645. The first-order chi connectivity index (χ1) is 9.00. The van der Waals surface area contributed by atoms with Crippen LogP contribution in [0, 0.1) is 5.41 Å². The third-order valence-corrected chi connectivity index (χ3v) is 4.39. The average Bonchev–Trinajstić information content (AvgIpc) is 2.89. The summed E-state index contributed by atoms with van der Waals surface area (Å²) in [7, 11) is 1.46. The fraction of sp³-hybridized carbons (Fsp3) is 0.769. The minimum absolute atomic E-state index is 0.131. The van der Waals surface area contributed by atoms with Gasteiger partial charge in [0.05, 0.1) is 5.41 Å². The summed E-state index contributed by atoms with van der Waals surface area (Å²) in [6, 6.07) is -0.584. The summed E-state index contributed by atoms with van der Waals surface area (Å²) < 4.78 is 0. The van der Waals surface area contributed by atoms with Crippen molar-refractivity contribution in [2.75, 3.05) is 13.6 Å². The largest absolute Gasteiger partial charge is 0.344 e. The Morgan fingerprint density at radius 2 is 2.05 bits per heavy atom. The molecule has 6 heteroatoms. The predicted molar refractivity (Wildman–Crippen MR) is 68.9 cm³/mol. The molecule has 0 radical (unpaired) electrons. The molecule has 19 heavy (non-hydrogen) atoms. The first kappa shape index (κ1) is 14.0. The van der Waals surface area contributed by atoms with Crippen molar-refractivity contribution in [2.24, 2.45) is 11.1 Å². The maximum atomic E-state index is 12.4. The SMILES string of the molecule is CN1C(=O)CCC(NC(=O)C2(CN)CCCC2)C1=O. The van der Waals surface area contributed by atoms with Gasteiger partial charge in [-0.25, -0.2) is 0 Å². The molecule has 2 fully saturated rings. The molecule has 3 amide bonds. The van der Waals surface area contributed by atoms with Crippen molar-refractivity contribution >= 4 is 17.7 Å². The van der Waals surface area contributed by atoms with Gasteiger partial charge in [-0.1, -0.05) is 12.8 Å². The zero-order valence-corrected chi connectivity index (χ0v) is 11.3. The van der Waals surface area contributed by atoms with Gasteiger partial charge in [-0.05, 0) is 19.3 Å². The molecule has 0 aromatic carbocycles. The van der Waals surface area contributed by atoms with Gasteiger partial charge in [0, 0.05) is 20.0 Å². The Morgan fingerprint density at radius 3 is 2.63 bits per heavy atom. The zero-order chi connectivity index (χ0) is 14.0. The highest BCUT2D eigenvalue weighted by Gasteiger charge is 2.42. The first-order valence-corrected chi connectivity index (χ1v) is 6.81. The van der Waals surface area contributed by atoms with Crippen molar-refractivity contribution in [1.82, 2.24) is 10.2 Å². The van der Waals surface area contributed by atoms with Gasteiger partial charge in [-0.3, -0.25) is 19.3 Å².